The van der Waals surface area contributed by atoms with Gasteiger partial charge in [-0.1, -0.05) is 12.1 Å². The first-order valence-electron chi connectivity index (χ1n) is 9.95. The highest BCUT2D eigenvalue weighted by atomic mass is 32.2. The first-order chi connectivity index (χ1) is 15.8. The highest BCUT2D eigenvalue weighted by Gasteiger charge is 2.36. The molecule has 0 aliphatic carbocycles. The van der Waals surface area contributed by atoms with E-state index in [9.17, 15) is 19.2 Å². The third-order valence-electron chi connectivity index (χ3n) is 4.35. The van der Waals surface area contributed by atoms with Crippen molar-refractivity contribution in [3.63, 3.8) is 0 Å². The summed E-state index contributed by atoms with van der Waals surface area (Å²) in [5, 5.41) is 2.18. The molecule has 0 spiro atoms. The van der Waals surface area contributed by atoms with Crippen LogP contribution >= 0.6 is 23.5 Å². The zero-order valence-corrected chi connectivity index (χ0v) is 19.9. The number of rotatable bonds is 8. The van der Waals surface area contributed by atoms with Crippen molar-refractivity contribution < 1.29 is 28.7 Å². The van der Waals surface area contributed by atoms with E-state index in [1.165, 1.54) is 24.8 Å². The van der Waals surface area contributed by atoms with Crippen molar-refractivity contribution in [1.29, 1.82) is 0 Å². The van der Waals surface area contributed by atoms with Crippen molar-refractivity contribution in [2.45, 2.75) is 18.7 Å². The summed E-state index contributed by atoms with van der Waals surface area (Å²) >= 11 is 2.29. The number of benzene rings is 2. The predicted octanol–water partition coefficient (Wildman–Crippen LogP) is 4.41. The molecule has 1 saturated heterocycles. The first-order valence-corrected chi connectivity index (χ1v) is 12.0. The van der Waals surface area contributed by atoms with E-state index in [4.69, 9.17) is 9.47 Å². The van der Waals surface area contributed by atoms with Crippen LogP contribution in [0.5, 0.6) is 11.5 Å². The molecular weight excluding hydrogens is 464 g/mol. The summed E-state index contributed by atoms with van der Waals surface area (Å²) in [6.45, 7) is 3.04. The maximum Gasteiger partial charge on any atom is 0.308 e. The standard InChI is InChI=1S/C23H22N2O6S2/c1-4-30-19-10-15(8-9-18(19)31-14(2)26)11-20-22(28)25(23(29)33-20)13-21(27)24-16-6-5-7-17(12-16)32-3/h5-12H,4,13H2,1-3H3,(H,24,27)/b20-11+. The number of hydrogen-bond acceptors (Lipinski definition) is 8. The number of nitrogens with one attached hydrogen (secondary N) is 1. The number of anilines is 1. The van der Waals surface area contributed by atoms with E-state index in [2.05, 4.69) is 5.32 Å². The minimum Gasteiger partial charge on any atom is -0.490 e. The molecule has 0 radical (unpaired) electrons. The molecule has 3 amide bonds. The van der Waals surface area contributed by atoms with Crippen LogP contribution in [-0.2, 0) is 14.4 Å². The summed E-state index contributed by atoms with van der Waals surface area (Å²) in [4.78, 5) is 50.9. The smallest absolute Gasteiger partial charge is 0.308 e. The molecule has 1 aliphatic rings. The van der Waals surface area contributed by atoms with Gasteiger partial charge in [0.2, 0.25) is 5.91 Å². The Morgan fingerprint density at radius 1 is 1.15 bits per heavy atom. The minimum absolute atomic E-state index is 0.180. The van der Waals surface area contributed by atoms with Gasteiger partial charge in [0.05, 0.1) is 11.5 Å². The van der Waals surface area contributed by atoms with E-state index in [0.717, 1.165) is 21.6 Å². The van der Waals surface area contributed by atoms with Gasteiger partial charge >= 0.3 is 5.97 Å². The van der Waals surface area contributed by atoms with E-state index in [0.29, 0.717) is 23.6 Å². The molecule has 1 fully saturated rings. The molecule has 0 atom stereocenters. The van der Waals surface area contributed by atoms with Gasteiger partial charge in [0, 0.05) is 17.5 Å². The van der Waals surface area contributed by atoms with E-state index in [1.807, 2.05) is 24.5 Å². The van der Waals surface area contributed by atoms with Crippen molar-refractivity contribution in [3.8, 4) is 11.5 Å². The average Bonchev–Trinajstić information content (AvgIpc) is 3.02. The summed E-state index contributed by atoms with van der Waals surface area (Å²) in [5.74, 6) is -0.908. The predicted molar refractivity (Wildman–Crippen MR) is 128 cm³/mol. The lowest BCUT2D eigenvalue weighted by molar-refractivity contribution is -0.132. The van der Waals surface area contributed by atoms with Crippen LogP contribution in [0, 0.1) is 0 Å². The van der Waals surface area contributed by atoms with Crippen LogP contribution in [0.2, 0.25) is 0 Å². The van der Waals surface area contributed by atoms with E-state index >= 15 is 0 Å². The van der Waals surface area contributed by atoms with Crippen molar-refractivity contribution in [2.75, 3.05) is 24.7 Å². The Balaban J connectivity index is 1.73. The van der Waals surface area contributed by atoms with Gasteiger partial charge in [0.15, 0.2) is 11.5 Å². The number of imide groups is 1. The number of ether oxygens (including phenoxy) is 2. The van der Waals surface area contributed by atoms with Crippen molar-refractivity contribution in [2.24, 2.45) is 0 Å². The Hall–Kier alpha value is -3.24. The number of carbonyl (C=O) groups is 4. The number of amides is 3. The number of thioether (sulfide) groups is 2. The van der Waals surface area contributed by atoms with Crippen molar-refractivity contribution >= 4 is 58.3 Å². The fourth-order valence-electron chi connectivity index (χ4n) is 2.95. The van der Waals surface area contributed by atoms with Crippen LogP contribution in [0.1, 0.15) is 19.4 Å². The molecule has 1 N–H and O–H groups in total. The fraction of sp³-hybridized carbons (Fsp3) is 0.217. The third kappa shape index (κ3) is 6.39. The average molecular weight is 487 g/mol. The van der Waals surface area contributed by atoms with Gasteiger partial charge in [-0.3, -0.25) is 24.1 Å². The Morgan fingerprint density at radius 2 is 1.94 bits per heavy atom. The topological polar surface area (TPSA) is 102 Å². The van der Waals surface area contributed by atoms with Crippen LogP contribution in [0.3, 0.4) is 0 Å². The lowest BCUT2D eigenvalue weighted by atomic mass is 10.2. The van der Waals surface area contributed by atoms with Gasteiger partial charge in [-0.25, -0.2) is 0 Å². The highest BCUT2D eigenvalue weighted by Crippen LogP contribution is 2.34. The fourth-order valence-corrected chi connectivity index (χ4v) is 4.25. The van der Waals surface area contributed by atoms with E-state index in [-0.39, 0.29) is 17.2 Å². The van der Waals surface area contributed by atoms with Crippen LogP contribution < -0.4 is 14.8 Å². The zero-order chi connectivity index (χ0) is 24.0. The van der Waals surface area contributed by atoms with Gasteiger partial charge in [0.25, 0.3) is 11.1 Å². The molecule has 10 heteroatoms. The molecule has 1 aliphatic heterocycles. The third-order valence-corrected chi connectivity index (χ3v) is 5.98. The number of carbonyl (C=O) groups excluding carboxylic acids is 4. The Kier molecular flexibility index (Phi) is 8.18. The monoisotopic (exact) mass is 486 g/mol. The number of nitrogens with zero attached hydrogens (tertiary/aromatic N) is 1. The highest BCUT2D eigenvalue weighted by molar-refractivity contribution is 8.18. The van der Waals surface area contributed by atoms with Gasteiger partial charge in [0.1, 0.15) is 6.54 Å². The molecule has 33 heavy (non-hydrogen) atoms. The number of hydrogen-bond donors (Lipinski definition) is 1. The second-order valence-electron chi connectivity index (χ2n) is 6.78. The molecule has 0 saturated carbocycles. The summed E-state index contributed by atoms with van der Waals surface area (Å²) in [5.41, 5.74) is 1.17. The van der Waals surface area contributed by atoms with E-state index < -0.39 is 23.0 Å². The first kappa shape index (κ1) is 24.4. The molecule has 0 bridgehead atoms. The SMILES string of the molecule is CCOc1cc(/C=C2/SC(=O)N(CC(=O)Nc3cccc(SC)c3)C2=O)ccc1OC(C)=O. The zero-order valence-electron chi connectivity index (χ0n) is 18.2. The quantitative estimate of drug-likeness (QED) is 0.253. The summed E-state index contributed by atoms with van der Waals surface area (Å²) in [7, 11) is 0. The minimum atomic E-state index is -0.556. The molecule has 172 valence electrons. The van der Waals surface area contributed by atoms with Gasteiger partial charge in [-0.15, -0.1) is 11.8 Å². The van der Waals surface area contributed by atoms with E-state index in [1.54, 1.807) is 31.2 Å². The molecular formula is C23H22N2O6S2. The van der Waals surface area contributed by atoms with Crippen LogP contribution in [-0.4, -0.2) is 47.3 Å². The van der Waals surface area contributed by atoms with Crippen LogP contribution in [0.25, 0.3) is 6.08 Å². The maximum atomic E-state index is 12.8. The Bertz CT molecular complexity index is 1130. The van der Waals surface area contributed by atoms with Gasteiger partial charge in [-0.05, 0) is 66.9 Å². The molecule has 8 nitrogen and oxygen atoms in total. The second kappa shape index (κ2) is 11.1. The van der Waals surface area contributed by atoms with Crippen LogP contribution in [0.15, 0.2) is 52.3 Å². The summed E-state index contributed by atoms with van der Waals surface area (Å²) in [6.07, 6.45) is 3.46. The summed E-state index contributed by atoms with van der Waals surface area (Å²) < 4.78 is 10.6. The molecule has 0 unspecified atom stereocenters. The Morgan fingerprint density at radius 3 is 2.64 bits per heavy atom. The molecule has 0 aromatic heterocycles. The van der Waals surface area contributed by atoms with Gasteiger partial charge in [-0.2, -0.15) is 0 Å². The lowest BCUT2D eigenvalue weighted by Gasteiger charge is -2.13. The molecule has 2 aromatic carbocycles. The normalized spacial score (nSPS) is 14.5. The summed E-state index contributed by atoms with van der Waals surface area (Å²) in [6, 6.07) is 12.1. The number of esters is 1. The van der Waals surface area contributed by atoms with Crippen molar-refractivity contribution in [1.82, 2.24) is 4.90 Å². The molecule has 1 heterocycles. The van der Waals surface area contributed by atoms with Crippen molar-refractivity contribution in [3.05, 3.63) is 52.9 Å². The van der Waals surface area contributed by atoms with Crippen LogP contribution in [0.4, 0.5) is 10.5 Å². The van der Waals surface area contributed by atoms with Gasteiger partial charge < -0.3 is 14.8 Å². The largest absolute Gasteiger partial charge is 0.490 e. The molecule has 3 rings (SSSR count). The maximum absolute atomic E-state index is 12.8. The molecule has 2 aromatic rings. The second-order valence-corrected chi connectivity index (χ2v) is 8.65. The Labute approximate surface area is 199 Å². The lowest BCUT2D eigenvalue weighted by Crippen LogP contribution is -2.36.